The zero-order valence-corrected chi connectivity index (χ0v) is 18.7. The van der Waals surface area contributed by atoms with Crippen LogP contribution in [-0.2, 0) is 9.53 Å². The van der Waals surface area contributed by atoms with E-state index in [1.807, 2.05) is 29.2 Å². The number of rotatable bonds is 6. The van der Waals surface area contributed by atoms with Gasteiger partial charge in [-0.05, 0) is 55.7 Å². The van der Waals surface area contributed by atoms with Gasteiger partial charge in [0, 0.05) is 30.5 Å². The molecular formula is C26H30N2O4. The first-order valence-electron chi connectivity index (χ1n) is 11.3. The van der Waals surface area contributed by atoms with Crippen molar-refractivity contribution in [3.63, 3.8) is 0 Å². The van der Waals surface area contributed by atoms with Crippen molar-refractivity contribution in [2.75, 3.05) is 25.6 Å². The molecule has 1 spiro atoms. The zero-order valence-electron chi connectivity index (χ0n) is 18.7. The van der Waals surface area contributed by atoms with Crippen LogP contribution in [0, 0.1) is 0 Å². The first-order valence-corrected chi connectivity index (χ1v) is 11.3. The lowest BCUT2D eigenvalue weighted by molar-refractivity contribution is -0.122. The maximum Gasteiger partial charge on any atom is 0.254 e. The number of methoxy groups -OCH3 is 1. The van der Waals surface area contributed by atoms with Gasteiger partial charge in [-0.25, -0.2) is 0 Å². The number of ether oxygens (including phenoxy) is 1. The minimum absolute atomic E-state index is 0.0162. The topological polar surface area (TPSA) is 75.7 Å². The van der Waals surface area contributed by atoms with E-state index in [4.69, 9.17) is 4.74 Å². The fourth-order valence-electron chi connectivity index (χ4n) is 5.35. The lowest BCUT2D eigenvalue weighted by Crippen LogP contribution is -2.62. The van der Waals surface area contributed by atoms with E-state index in [1.54, 1.807) is 31.4 Å². The number of hydrogen-bond acceptors (Lipinski definition) is 4. The van der Waals surface area contributed by atoms with Gasteiger partial charge in [0.25, 0.3) is 5.91 Å². The summed E-state index contributed by atoms with van der Waals surface area (Å²) in [5.41, 5.74) is 2.07. The molecule has 168 valence electrons. The fraction of sp³-hybridized carbons (Fsp3) is 0.423. The molecule has 1 aliphatic heterocycles. The number of nitrogens with zero attached hydrogens (tertiary/aromatic N) is 1. The average Bonchev–Trinajstić information content (AvgIpc) is 2.80. The molecule has 1 heterocycles. The number of hydrogen-bond donors (Lipinski definition) is 1. The third kappa shape index (κ3) is 3.95. The minimum atomic E-state index is -0.564. The highest BCUT2D eigenvalue weighted by Gasteiger charge is 2.54. The highest BCUT2D eigenvalue weighted by molar-refractivity contribution is 6.05. The number of ketones is 1. The van der Waals surface area contributed by atoms with E-state index < -0.39 is 11.5 Å². The molecule has 0 radical (unpaired) electrons. The Morgan fingerprint density at radius 1 is 1.06 bits per heavy atom. The van der Waals surface area contributed by atoms with Crippen molar-refractivity contribution < 1.29 is 19.1 Å². The van der Waals surface area contributed by atoms with Crippen LogP contribution >= 0.6 is 0 Å². The molecule has 2 amide bonds. The van der Waals surface area contributed by atoms with Gasteiger partial charge in [-0.3, -0.25) is 14.4 Å². The van der Waals surface area contributed by atoms with Gasteiger partial charge in [-0.2, -0.15) is 0 Å². The van der Waals surface area contributed by atoms with Crippen LogP contribution in [0.15, 0.2) is 48.5 Å². The summed E-state index contributed by atoms with van der Waals surface area (Å²) in [6, 6.07) is 14.4. The van der Waals surface area contributed by atoms with Crippen LogP contribution in [0.2, 0.25) is 0 Å². The third-order valence-corrected chi connectivity index (χ3v) is 6.88. The molecule has 6 heteroatoms. The highest BCUT2D eigenvalue weighted by Crippen LogP contribution is 2.49. The van der Waals surface area contributed by atoms with Gasteiger partial charge in [0.05, 0.1) is 18.1 Å². The van der Waals surface area contributed by atoms with Crippen LogP contribution in [0.3, 0.4) is 0 Å². The van der Waals surface area contributed by atoms with Gasteiger partial charge in [-0.1, -0.05) is 37.5 Å². The minimum Gasteiger partial charge on any atom is -0.383 e. The molecule has 6 nitrogen and oxygen atoms in total. The maximum atomic E-state index is 13.8. The Labute approximate surface area is 188 Å². The Morgan fingerprint density at radius 3 is 2.41 bits per heavy atom. The molecule has 0 saturated heterocycles. The molecule has 32 heavy (non-hydrogen) atoms. The van der Waals surface area contributed by atoms with Crippen LogP contribution < -0.4 is 5.32 Å². The number of fused-ring (bicyclic) bond motifs is 1. The molecule has 1 aliphatic carbocycles. The SMILES string of the molecule is COCCN1C(=O)c2ccccc2[C@H](C(=O)Nc2ccc(C(C)=O)cc2)C12CCCCC2. The molecule has 1 saturated carbocycles. The Bertz CT molecular complexity index is 1010. The Hall–Kier alpha value is -2.99. The second kappa shape index (κ2) is 9.25. The summed E-state index contributed by atoms with van der Waals surface area (Å²) in [7, 11) is 1.63. The van der Waals surface area contributed by atoms with Gasteiger partial charge in [0.1, 0.15) is 0 Å². The van der Waals surface area contributed by atoms with E-state index in [0.29, 0.717) is 30.0 Å². The first-order chi connectivity index (χ1) is 15.5. The van der Waals surface area contributed by atoms with Crippen LogP contribution in [0.25, 0.3) is 0 Å². The number of carbonyl (C=O) groups excluding carboxylic acids is 3. The predicted molar refractivity (Wildman–Crippen MR) is 123 cm³/mol. The summed E-state index contributed by atoms with van der Waals surface area (Å²) < 4.78 is 5.31. The van der Waals surface area contributed by atoms with E-state index in [2.05, 4.69) is 5.32 Å². The molecule has 2 aromatic carbocycles. The number of carbonyl (C=O) groups is 3. The largest absolute Gasteiger partial charge is 0.383 e. The van der Waals surface area contributed by atoms with Crippen LogP contribution in [0.4, 0.5) is 5.69 Å². The van der Waals surface area contributed by atoms with Gasteiger partial charge in [0.2, 0.25) is 5.91 Å². The van der Waals surface area contributed by atoms with Crippen molar-refractivity contribution in [1.29, 1.82) is 0 Å². The van der Waals surface area contributed by atoms with Gasteiger partial charge >= 0.3 is 0 Å². The third-order valence-electron chi connectivity index (χ3n) is 6.88. The normalized spacial score (nSPS) is 19.5. The second-order valence-electron chi connectivity index (χ2n) is 8.76. The molecular weight excluding hydrogens is 404 g/mol. The lowest BCUT2D eigenvalue weighted by Gasteiger charge is -2.53. The molecule has 2 aromatic rings. The quantitative estimate of drug-likeness (QED) is 0.683. The molecule has 1 atom stereocenters. The summed E-state index contributed by atoms with van der Waals surface area (Å²) in [4.78, 5) is 40.8. The van der Waals surface area contributed by atoms with E-state index in [-0.39, 0.29) is 17.6 Å². The van der Waals surface area contributed by atoms with Crippen molar-refractivity contribution in [2.24, 2.45) is 0 Å². The van der Waals surface area contributed by atoms with Gasteiger partial charge < -0.3 is 15.0 Å². The van der Waals surface area contributed by atoms with Crippen molar-refractivity contribution in [3.05, 3.63) is 65.2 Å². The molecule has 0 aromatic heterocycles. The standard InChI is InChI=1S/C26H30N2O4/c1-18(29)19-10-12-20(13-11-19)27-24(30)23-21-8-4-5-9-22(21)25(31)28(16-17-32-2)26(23)14-6-3-7-15-26/h4-5,8-13,23H,3,6-7,14-17H2,1-2H3,(H,27,30)/t23-/m1/s1. The molecule has 4 rings (SSSR count). The molecule has 0 unspecified atom stereocenters. The molecule has 0 bridgehead atoms. The summed E-state index contributed by atoms with van der Waals surface area (Å²) >= 11 is 0. The monoisotopic (exact) mass is 434 g/mol. The zero-order chi connectivity index (χ0) is 22.7. The molecule has 2 aliphatic rings. The summed E-state index contributed by atoms with van der Waals surface area (Å²) in [6.45, 7) is 2.41. The summed E-state index contributed by atoms with van der Waals surface area (Å²) in [6.07, 6.45) is 4.65. The van der Waals surface area contributed by atoms with E-state index in [1.165, 1.54) is 6.92 Å². The summed E-state index contributed by atoms with van der Waals surface area (Å²) in [5, 5.41) is 3.06. The van der Waals surface area contributed by atoms with Crippen LogP contribution in [-0.4, -0.2) is 48.3 Å². The first kappa shape index (κ1) is 22.2. The molecule has 1 fully saturated rings. The van der Waals surface area contributed by atoms with E-state index in [9.17, 15) is 14.4 Å². The number of amides is 2. The van der Waals surface area contributed by atoms with Crippen LogP contribution in [0.5, 0.6) is 0 Å². The predicted octanol–water partition coefficient (Wildman–Crippen LogP) is 4.42. The number of nitrogens with one attached hydrogen (secondary N) is 1. The van der Waals surface area contributed by atoms with E-state index >= 15 is 0 Å². The number of anilines is 1. The Kier molecular flexibility index (Phi) is 6.42. The van der Waals surface area contributed by atoms with Crippen molar-refractivity contribution in [1.82, 2.24) is 4.90 Å². The number of Topliss-reactive ketones (excluding diaryl/α,β-unsaturated/α-hetero) is 1. The van der Waals surface area contributed by atoms with Crippen molar-refractivity contribution in [3.8, 4) is 0 Å². The highest BCUT2D eigenvalue weighted by atomic mass is 16.5. The lowest BCUT2D eigenvalue weighted by atomic mass is 9.65. The van der Waals surface area contributed by atoms with Crippen molar-refractivity contribution in [2.45, 2.75) is 50.5 Å². The number of benzene rings is 2. The second-order valence-corrected chi connectivity index (χ2v) is 8.76. The average molecular weight is 435 g/mol. The van der Waals surface area contributed by atoms with Crippen molar-refractivity contribution >= 4 is 23.3 Å². The fourth-order valence-corrected chi connectivity index (χ4v) is 5.35. The van der Waals surface area contributed by atoms with Gasteiger partial charge in [0.15, 0.2) is 5.78 Å². The maximum absolute atomic E-state index is 13.8. The van der Waals surface area contributed by atoms with E-state index in [0.717, 1.165) is 37.7 Å². The van der Waals surface area contributed by atoms with Gasteiger partial charge in [-0.15, -0.1) is 0 Å². The smallest absolute Gasteiger partial charge is 0.254 e. The summed E-state index contributed by atoms with van der Waals surface area (Å²) in [5.74, 6) is -0.627. The Balaban J connectivity index is 1.75. The van der Waals surface area contributed by atoms with Crippen LogP contribution in [0.1, 0.15) is 71.2 Å². The Morgan fingerprint density at radius 2 is 1.75 bits per heavy atom. The molecule has 1 N–H and O–H groups in total.